The van der Waals surface area contributed by atoms with E-state index in [-0.39, 0.29) is 5.91 Å². The summed E-state index contributed by atoms with van der Waals surface area (Å²) in [5, 5.41) is 3.26. The maximum atomic E-state index is 12.3. The van der Waals surface area contributed by atoms with Gasteiger partial charge in [-0.15, -0.1) is 0 Å². The molecule has 0 saturated carbocycles. The van der Waals surface area contributed by atoms with Crippen molar-refractivity contribution in [2.24, 2.45) is 0 Å². The van der Waals surface area contributed by atoms with Crippen molar-refractivity contribution in [1.29, 1.82) is 0 Å². The molecular weight excluding hydrogens is 296 g/mol. The Labute approximate surface area is 146 Å². The number of unbranched alkanes of at least 4 members (excludes halogenated alkanes) is 1. The van der Waals surface area contributed by atoms with Gasteiger partial charge in [0.15, 0.2) is 0 Å². The van der Waals surface area contributed by atoms with Gasteiger partial charge in [-0.3, -0.25) is 4.79 Å². The molecule has 3 heteroatoms. The highest BCUT2D eigenvalue weighted by atomic mass is 16.1. The van der Waals surface area contributed by atoms with Crippen molar-refractivity contribution in [1.82, 2.24) is 5.32 Å². The van der Waals surface area contributed by atoms with Crippen LogP contribution in [0.3, 0.4) is 0 Å². The topological polar surface area (TPSA) is 33.5 Å². The van der Waals surface area contributed by atoms with Crippen LogP contribution in [0.2, 0.25) is 0 Å². The van der Waals surface area contributed by atoms with Crippen LogP contribution in [0, 0.1) is 0 Å². The molecule has 0 spiro atoms. The fourth-order valence-corrected chi connectivity index (χ4v) is 4.53. The molecule has 2 saturated heterocycles. The fraction of sp³-hybridized carbons (Fsp3) is 0.571. The minimum absolute atomic E-state index is 0.0546. The monoisotopic (exact) mass is 327 g/mol. The molecule has 0 aromatic heterocycles. The molecule has 4 atom stereocenters. The van der Waals surface area contributed by atoms with Crippen LogP contribution in [0.15, 0.2) is 36.4 Å². The van der Waals surface area contributed by atoms with Crippen molar-refractivity contribution < 1.29 is 9.69 Å². The summed E-state index contributed by atoms with van der Waals surface area (Å²) in [6.07, 6.45) is 12.6. The summed E-state index contributed by atoms with van der Waals surface area (Å²) in [5.74, 6) is 0.0546. The first-order valence-corrected chi connectivity index (χ1v) is 9.65. The van der Waals surface area contributed by atoms with Crippen molar-refractivity contribution in [3.05, 3.63) is 42.0 Å². The van der Waals surface area contributed by atoms with E-state index in [4.69, 9.17) is 0 Å². The third-order valence-electron chi connectivity index (χ3n) is 5.68. The molecule has 2 aliphatic rings. The van der Waals surface area contributed by atoms with Gasteiger partial charge in [0.25, 0.3) is 0 Å². The van der Waals surface area contributed by atoms with Crippen LogP contribution in [0.25, 0.3) is 6.08 Å². The van der Waals surface area contributed by atoms with Gasteiger partial charge in [-0.25, -0.2) is 0 Å². The molecule has 3 nitrogen and oxygen atoms in total. The van der Waals surface area contributed by atoms with Crippen LogP contribution < -0.4 is 10.2 Å². The van der Waals surface area contributed by atoms with Gasteiger partial charge in [0, 0.05) is 25.0 Å². The first-order chi connectivity index (χ1) is 11.8. The fourth-order valence-electron chi connectivity index (χ4n) is 4.53. The third-order valence-corrected chi connectivity index (χ3v) is 5.68. The lowest BCUT2D eigenvalue weighted by Crippen LogP contribution is -3.21. The minimum atomic E-state index is 0.0546. The summed E-state index contributed by atoms with van der Waals surface area (Å²) < 4.78 is 0. The molecule has 1 amide bonds. The zero-order valence-electron chi connectivity index (χ0n) is 14.8. The summed E-state index contributed by atoms with van der Waals surface area (Å²) in [6, 6.07) is 11.9. The van der Waals surface area contributed by atoms with E-state index in [1.807, 2.05) is 41.3 Å². The summed E-state index contributed by atoms with van der Waals surface area (Å²) in [5.41, 5.74) is 1.07. The van der Waals surface area contributed by atoms with Crippen LogP contribution in [0.1, 0.15) is 57.4 Å². The van der Waals surface area contributed by atoms with E-state index in [1.165, 1.54) is 38.6 Å². The van der Waals surface area contributed by atoms with E-state index in [2.05, 4.69) is 12.2 Å². The molecule has 1 aromatic rings. The van der Waals surface area contributed by atoms with Gasteiger partial charge >= 0.3 is 0 Å². The number of benzene rings is 1. The zero-order chi connectivity index (χ0) is 16.8. The number of carbonyl (C=O) groups is 1. The number of nitrogens with one attached hydrogen (secondary N) is 2. The molecule has 130 valence electrons. The van der Waals surface area contributed by atoms with Gasteiger partial charge in [-0.05, 0) is 37.3 Å². The summed E-state index contributed by atoms with van der Waals surface area (Å²) in [6.45, 7) is 3.60. The number of carbonyl (C=O) groups excluding carboxylic acids is 1. The van der Waals surface area contributed by atoms with Gasteiger partial charge in [-0.2, -0.15) is 0 Å². The SMILES string of the molecule is CCCC[NH+]1[C@@H]2CCC[C@H]1CC(NC(=O)/C=C/c1ccccc1)C2. The van der Waals surface area contributed by atoms with E-state index >= 15 is 0 Å². The maximum Gasteiger partial charge on any atom is 0.244 e. The summed E-state index contributed by atoms with van der Waals surface area (Å²) in [4.78, 5) is 14.1. The molecule has 2 bridgehead atoms. The lowest BCUT2D eigenvalue weighted by Gasteiger charge is -2.46. The van der Waals surface area contributed by atoms with Gasteiger partial charge in [0.2, 0.25) is 5.91 Å². The van der Waals surface area contributed by atoms with Crippen molar-refractivity contribution in [2.75, 3.05) is 6.54 Å². The van der Waals surface area contributed by atoms with Gasteiger partial charge in [0.05, 0.1) is 18.6 Å². The smallest absolute Gasteiger partial charge is 0.244 e. The zero-order valence-corrected chi connectivity index (χ0v) is 14.8. The van der Waals surface area contributed by atoms with Crippen molar-refractivity contribution in [2.45, 2.75) is 70.0 Å². The number of amides is 1. The second-order valence-electron chi connectivity index (χ2n) is 7.42. The number of hydrogen-bond acceptors (Lipinski definition) is 1. The quantitative estimate of drug-likeness (QED) is 0.774. The third kappa shape index (κ3) is 4.47. The molecule has 0 radical (unpaired) electrons. The summed E-state index contributed by atoms with van der Waals surface area (Å²) >= 11 is 0. The van der Waals surface area contributed by atoms with Gasteiger partial charge in [0.1, 0.15) is 0 Å². The Balaban J connectivity index is 1.53. The predicted octanol–water partition coefficient (Wildman–Crippen LogP) is 2.58. The molecule has 24 heavy (non-hydrogen) atoms. The molecule has 2 fully saturated rings. The highest BCUT2D eigenvalue weighted by molar-refractivity contribution is 5.91. The average Bonchev–Trinajstić information content (AvgIpc) is 2.59. The van der Waals surface area contributed by atoms with Crippen LogP contribution in [0.5, 0.6) is 0 Å². The van der Waals surface area contributed by atoms with E-state index in [9.17, 15) is 4.79 Å². The summed E-state index contributed by atoms with van der Waals surface area (Å²) in [7, 11) is 0. The second-order valence-corrected chi connectivity index (χ2v) is 7.42. The van der Waals surface area contributed by atoms with Crippen molar-refractivity contribution in [3.8, 4) is 0 Å². The first kappa shape index (κ1) is 17.2. The standard InChI is InChI=1S/C21H30N2O/c1-2-3-14-23-19-10-7-11-20(23)16-18(15-19)22-21(24)13-12-17-8-5-4-6-9-17/h4-6,8-9,12-13,18-20H,2-3,7,10-11,14-16H2,1H3,(H,22,24)/p+1/b13-12+/t18?,19-,20+. The van der Waals surface area contributed by atoms with Crippen LogP contribution >= 0.6 is 0 Å². The highest BCUT2D eigenvalue weighted by Gasteiger charge is 2.41. The molecule has 2 N–H and O–H groups in total. The number of quaternary nitrogens is 1. The van der Waals surface area contributed by atoms with E-state index in [1.54, 1.807) is 6.08 Å². The Kier molecular flexibility index (Phi) is 6.08. The number of hydrogen-bond donors (Lipinski definition) is 2. The molecular formula is C21H31N2O+. The number of rotatable bonds is 6. The molecule has 2 heterocycles. The number of piperidine rings is 2. The van der Waals surface area contributed by atoms with Gasteiger partial charge in [-0.1, -0.05) is 43.7 Å². The molecule has 2 unspecified atom stereocenters. The highest BCUT2D eigenvalue weighted by Crippen LogP contribution is 2.22. The largest absolute Gasteiger partial charge is 0.349 e. The minimum Gasteiger partial charge on any atom is -0.349 e. The van der Waals surface area contributed by atoms with Crippen LogP contribution in [0.4, 0.5) is 0 Å². The Morgan fingerprint density at radius 1 is 1.21 bits per heavy atom. The van der Waals surface area contributed by atoms with E-state index < -0.39 is 0 Å². The molecule has 2 aliphatic heterocycles. The van der Waals surface area contributed by atoms with E-state index in [0.717, 1.165) is 30.5 Å². The lowest BCUT2D eigenvalue weighted by atomic mass is 9.81. The average molecular weight is 327 g/mol. The van der Waals surface area contributed by atoms with E-state index in [0.29, 0.717) is 6.04 Å². The van der Waals surface area contributed by atoms with Crippen LogP contribution in [-0.4, -0.2) is 30.6 Å². The maximum absolute atomic E-state index is 12.3. The molecule has 0 aliphatic carbocycles. The van der Waals surface area contributed by atoms with Crippen LogP contribution in [-0.2, 0) is 4.79 Å². The predicted molar refractivity (Wildman–Crippen MR) is 98.8 cm³/mol. The first-order valence-electron chi connectivity index (χ1n) is 9.65. The van der Waals surface area contributed by atoms with Gasteiger partial charge < -0.3 is 10.2 Å². The lowest BCUT2D eigenvalue weighted by molar-refractivity contribution is -0.961. The Morgan fingerprint density at radius 2 is 1.92 bits per heavy atom. The van der Waals surface area contributed by atoms with Crippen molar-refractivity contribution in [3.63, 3.8) is 0 Å². The number of fused-ring (bicyclic) bond motifs is 2. The Morgan fingerprint density at radius 3 is 2.58 bits per heavy atom. The normalized spacial score (nSPS) is 29.5. The molecule has 1 aromatic carbocycles. The molecule has 3 rings (SSSR count). The second kappa shape index (κ2) is 8.48. The Hall–Kier alpha value is -1.61. The Bertz CT molecular complexity index is 540. The van der Waals surface area contributed by atoms with Crippen molar-refractivity contribution >= 4 is 12.0 Å².